The molecule has 0 atom stereocenters. The van der Waals surface area contributed by atoms with Gasteiger partial charge in [0, 0.05) is 11.8 Å². The van der Waals surface area contributed by atoms with E-state index in [0.717, 1.165) is 25.9 Å². The highest BCUT2D eigenvalue weighted by Gasteiger charge is 2.26. The third-order valence-electron chi connectivity index (χ3n) is 5.00. The maximum absolute atomic E-state index is 13.1. The number of hydrogen-bond acceptors (Lipinski definition) is 4. The van der Waals surface area contributed by atoms with E-state index in [9.17, 15) is 9.90 Å². The predicted molar refractivity (Wildman–Crippen MR) is 105 cm³/mol. The van der Waals surface area contributed by atoms with Crippen molar-refractivity contribution in [3.8, 4) is 5.69 Å². The Kier molecular flexibility index (Phi) is 5.34. The molecule has 0 saturated carbocycles. The van der Waals surface area contributed by atoms with Gasteiger partial charge in [0.25, 0.3) is 0 Å². The SMILES string of the molecule is O=c1c(C([O-])=Nc2ccccc2)[n+](CC2CCNCC2)[nH]n1-c1ccccc1. The standard InChI is InChI=1S/C21H23N5O2/c27-20(23-17-7-3-1-4-8-17)19-21(28)26(18-9-5-2-6-10-18)24-25(19)15-16-11-13-22-14-12-16/h1-10,16,22H,11-15H2,(H-,23,24,27,28). The summed E-state index contributed by atoms with van der Waals surface area (Å²) in [6.07, 6.45) is 2.02. The lowest BCUT2D eigenvalue weighted by Crippen LogP contribution is -2.49. The Bertz CT molecular complexity index is 1000. The molecule has 1 aliphatic rings. The number of aromatic nitrogens is 3. The van der Waals surface area contributed by atoms with Crippen LogP contribution in [0.15, 0.2) is 70.5 Å². The molecule has 0 bridgehead atoms. The zero-order chi connectivity index (χ0) is 19.3. The Hall–Kier alpha value is -3.19. The van der Waals surface area contributed by atoms with Gasteiger partial charge >= 0.3 is 5.56 Å². The fourth-order valence-electron chi connectivity index (χ4n) is 3.52. The number of para-hydroxylation sites is 2. The molecule has 1 aromatic heterocycles. The summed E-state index contributed by atoms with van der Waals surface area (Å²) in [4.78, 5) is 17.2. The molecule has 3 aromatic rings. The van der Waals surface area contributed by atoms with Gasteiger partial charge in [-0.3, -0.25) is 4.99 Å². The number of nitrogens with one attached hydrogen (secondary N) is 2. The maximum Gasteiger partial charge on any atom is 0.406 e. The molecule has 0 amide bonds. The number of aromatic amines is 1. The molecule has 4 rings (SSSR count). The first kappa shape index (κ1) is 18.2. The van der Waals surface area contributed by atoms with Crippen molar-refractivity contribution in [3.05, 3.63) is 76.7 Å². The summed E-state index contributed by atoms with van der Waals surface area (Å²) in [6, 6.07) is 18.2. The van der Waals surface area contributed by atoms with Crippen LogP contribution in [0.1, 0.15) is 18.5 Å². The number of H-pyrrole nitrogens is 1. The molecule has 0 radical (unpaired) electrons. The highest BCUT2D eigenvalue weighted by atomic mass is 16.3. The molecular weight excluding hydrogens is 354 g/mol. The molecule has 1 aliphatic heterocycles. The first-order valence-electron chi connectivity index (χ1n) is 9.54. The molecule has 28 heavy (non-hydrogen) atoms. The fraction of sp³-hybridized carbons (Fsp3) is 0.286. The van der Waals surface area contributed by atoms with Crippen LogP contribution in [0.5, 0.6) is 0 Å². The van der Waals surface area contributed by atoms with E-state index in [4.69, 9.17) is 0 Å². The van der Waals surface area contributed by atoms with Gasteiger partial charge in [0.1, 0.15) is 6.54 Å². The quantitative estimate of drug-likeness (QED) is 0.393. The highest BCUT2D eigenvalue weighted by molar-refractivity contribution is 5.88. The van der Waals surface area contributed by atoms with Crippen molar-refractivity contribution in [2.75, 3.05) is 13.1 Å². The summed E-state index contributed by atoms with van der Waals surface area (Å²) >= 11 is 0. The van der Waals surface area contributed by atoms with E-state index < -0.39 is 5.90 Å². The second-order valence-corrected chi connectivity index (χ2v) is 6.98. The van der Waals surface area contributed by atoms with Gasteiger partial charge in [0.15, 0.2) is 5.69 Å². The van der Waals surface area contributed by atoms with Crippen molar-refractivity contribution in [2.24, 2.45) is 10.9 Å². The van der Waals surface area contributed by atoms with E-state index in [1.54, 1.807) is 16.8 Å². The number of hydrogen-bond donors (Lipinski definition) is 2. The lowest BCUT2D eigenvalue weighted by Gasteiger charge is -2.21. The fourth-order valence-corrected chi connectivity index (χ4v) is 3.52. The average molecular weight is 377 g/mol. The van der Waals surface area contributed by atoms with Crippen LogP contribution in [0.2, 0.25) is 0 Å². The van der Waals surface area contributed by atoms with Crippen LogP contribution in [-0.2, 0) is 6.54 Å². The predicted octanol–water partition coefficient (Wildman–Crippen LogP) is 0.891. The molecular formula is C21H23N5O2. The Morgan fingerprint density at radius 1 is 1.07 bits per heavy atom. The Balaban J connectivity index is 1.77. The molecule has 0 spiro atoms. The van der Waals surface area contributed by atoms with Gasteiger partial charge < -0.3 is 10.4 Å². The number of piperidine rings is 1. The first-order chi connectivity index (χ1) is 13.7. The van der Waals surface area contributed by atoms with Crippen molar-refractivity contribution in [2.45, 2.75) is 19.4 Å². The molecule has 144 valence electrons. The third kappa shape index (κ3) is 3.89. The third-order valence-corrected chi connectivity index (χ3v) is 5.00. The van der Waals surface area contributed by atoms with Crippen LogP contribution >= 0.6 is 0 Å². The zero-order valence-electron chi connectivity index (χ0n) is 15.5. The van der Waals surface area contributed by atoms with Gasteiger partial charge in [0.2, 0.25) is 5.69 Å². The molecule has 0 aliphatic carbocycles. The minimum Gasteiger partial charge on any atom is -0.855 e. The molecule has 1 fully saturated rings. The minimum absolute atomic E-state index is 0.0613. The van der Waals surface area contributed by atoms with Crippen molar-refractivity contribution >= 4 is 11.6 Å². The average Bonchev–Trinajstić information content (AvgIpc) is 3.06. The van der Waals surface area contributed by atoms with E-state index in [1.165, 1.54) is 4.68 Å². The van der Waals surface area contributed by atoms with Crippen LogP contribution in [-0.4, -0.2) is 28.9 Å². The zero-order valence-corrected chi connectivity index (χ0v) is 15.5. The minimum atomic E-state index is -0.531. The molecule has 1 saturated heterocycles. The van der Waals surface area contributed by atoms with Gasteiger partial charge in [-0.25, -0.2) is 4.79 Å². The van der Waals surface area contributed by atoms with Gasteiger partial charge in [-0.05, 0) is 50.2 Å². The molecule has 2 N–H and O–H groups in total. The number of rotatable bonds is 5. The van der Waals surface area contributed by atoms with Gasteiger partial charge in [-0.1, -0.05) is 46.3 Å². The Morgan fingerprint density at radius 3 is 2.39 bits per heavy atom. The largest absolute Gasteiger partial charge is 0.855 e. The molecule has 0 unspecified atom stereocenters. The van der Waals surface area contributed by atoms with Crippen LogP contribution in [0.25, 0.3) is 5.69 Å². The summed E-state index contributed by atoms with van der Waals surface area (Å²) in [6.45, 7) is 2.49. The molecule has 7 heteroatoms. The maximum atomic E-state index is 13.1. The Labute approximate surface area is 163 Å². The van der Waals surface area contributed by atoms with Crippen molar-refractivity contribution in [1.82, 2.24) is 15.2 Å². The topological polar surface area (TPSA) is 89.1 Å². The Morgan fingerprint density at radius 2 is 1.71 bits per heavy atom. The van der Waals surface area contributed by atoms with Gasteiger partial charge in [-0.15, -0.1) is 0 Å². The van der Waals surface area contributed by atoms with Crippen LogP contribution in [0, 0.1) is 5.92 Å². The first-order valence-corrected chi connectivity index (χ1v) is 9.54. The lowest BCUT2D eigenvalue weighted by molar-refractivity contribution is -0.763. The highest BCUT2D eigenvalue weighted by Crippen LogP contribution is 2.13. The van der Waals surface area contributed by atoms with Crippen molar-refractivity contribution < 1.29 is 9.79 Å². The molecule has 2 aromatic carbocycles. The summed E-state index contributed by atoms with van der Waals surface area (Å²) in [5.41, 5.74) is 0.897. The second-order valence-electron chi connectivity index (χ2n) is 6.98. The van der Waals surface area contributed by atoms with E-state index >= 15 is 0 Å². The molecule has 7 nitrogen and oxygen atoms in total. The lowest BCUT2D eigenvalue weighted by atomic mass is 9.98. The van der Waals surface area contributed by atoms with Crippen LogP contribution in [0.4, 0.5) is 5.69 Å². The van der Waals surface area contributed by atoms with Crippen molar-refractivity contribution in [1.29, 1.82) is 0 Å². The summed E-state index contributed by atoms with van der Waals surface area (Å²) in [5.74, 6) is -0.132. The van der Waals surface area contributed by atoms with Gasteiger partial charge in [0.05, 0.1) is 5.69 Å². The van der Waals surface area contributed by atoms with Crippen molar-refractivity contribution in [3.63, 3.8) is 0 Å². The van der Waals surface area contributed by atoms with Crippen LogP contribution in [0.3, 0.4) is 0 Å². The summed E-state index contributed by atoms with van der Waals surface area (Å²) in [7, 11) is 0. The second kappa shape index (κ2) is 8.22. The number of aliphatic imine (C=N–C) groups is 1. The van der Waals surface area contributed by atoms with E-state index in [-0.39, 0.29) is 11.3 Å². The molecule has 2 heterocycles. The normalized spacial score (nSPS) is 15.6. The summed E-state index contributed by atoms with van der Waals surface area (Å²) < 4.78 is 3.08. The number of benzene rings is 2. The van der Waals surface area contributed by atoms with E-state index in [0.29, 0.717) is 23.8 Å². The van der Waals surface area contributed by atoms with E-state index in [1.807, 2.05) is 48.5 Å². The van der Waals surface area contributed by atoms with E-state index in [2.05, 4.69) is 15.5 Å². The summed E-state index contributed by atoms with van der Waals surface area (Å²) in [5, 5.41) is 19.3. The van der Waals surface area contributed by atoms with Gasteiger partial charge in [-0.2, -0.15) is 4.68 Å². The number of nitrogens with zero attached hydrogens (tertiary/aromatic N) is 3. The van der Waals surface area contributed by atoms with Crippen LogP contribution < -0.4 is 20.7 Å². The smallest absolute Gasteiger partial charge is 0.406 e. The monoisotopic (exact) mass is 377 g/mol.